The van der Waals surface area contributed by atoms with Crippen molar-refractivity contribution in [3.63, 3.8) is 0 Å². The van der Waals surface area contributed by atoms with Crippen LogP contribution >= 0.6 is 28.1 Å². The molecule has 1 heterocycles. The second-order valence-electron chi connectivity index (χ2n) is 8.56. The zero-order valence-corrected chi connectivity index (χ0v) is 20.1. The number of amides is 1. The van der Waals surface area contributed by atoms with Crippen LogP contribution in [-0.2, 0) is 6.54 Å². The molecule has 2 N–H and O–H groups in total. The number of H-pyrrole nitrogens is 1. The molecule has 0 aliphatic heterocycles. The molecule has 3 aromatic rings. The van der Waals surface area contributed by atoms with Crippen LogP contribution in [0.15, 0.2) is 51.7 Å². The number of nitrogens with zero attached hydrogens (tertiary/aromatic N) is 1. The Bertz CT molecular complexity index is 1230. The molecule has 7 heteroatoms. The Morgan fingerprint density at radius 3 is 2.68 bits per heavy atom. The summed E-state index contributed by atoms with van der Waals surface area (Å²) in [7, 11) is 0. The van der Waals surface area contributed by atoms with Gasteiger partial charge in [0.15, 0.2) is 4.77 Å². The fourth-order valence-electron chi connectivity index (χ4n) is 4.35. The molecular weight excluding hydrogens is 474 g/mol. The number of fused-ring (bicyclic) bond motifs is 1. The van der Waals surface area contributed by atoms with Gasteiger partial charge >= 0.3 is 0 Å². The van der Waals surface area contributed by atoms with Gasteiger partial charge in [-0.05, 0) is 66.4 Å². The van der Waals surface area contributed by atoms with Crippen LogP contribution < -0.4 is 10.9 Å². The molecule has 162 valence electrons. The number of rotatable bonds is 4. The molecule has 0 saturated heterocycles. The van der Waals surface area contributed by atoms with Crippen LogP contribution in [-0.4, -0.2) is 21.5 Å². The third-order valence-corrected chi connectivity index (χ3v) is 7.34. The minimum atomic E-state index is -0.137. The van der Waals surface area contributed by atoms with Gasteiger partial charge in [0, 0.05) is 16.1 Å². The van der Waals surface area contributed by atoms with Crippen molar-refractivity contribution in [3.05, 3.63) is 73.2 Å². The van der Waals surface area contributed by atoms with Crippen molar-refractivity contribution in [1.29, 1.82) is 0 Å². The summed E-state index contributed by atoms with van der Waals surface area (Å²) in [6.07, 6.45) is 3.43. The van der Waals surface area contributed by atoms with E-state index in [9.17, 15) is 9.59 Å². The molecule has 5 nitrogen and oxygen atoms in total. The van der Waals surface area contributed by atoms with Crippen molar-refractivity contribution < 1.29 is 4.79 Å². The summed E-state index contributed by atoms with van der Waals surface area (Å²) >= 11 is 8.82. The summed E-state index contributed by atoms with van der Waals surface area (Å²) in [5, 5.41) is 3.79. The van der Waals surface area contributed by atoms with E-state index in [1.807, 2.05) is 36.4 Å². The van der Waals surface area contributed by atoms with E-state index >= 15 is 0 Å². The Balaban J connectivity index is 1.52. The molecule has 1 aromatic heterocycles. The Kier molecular flexibility index (Phi) is 6.44. The second kappa shape index (κ2) is 9.09. The first-order valence-corrected chi connectivity index (χ1v) is 11.9. The number of carbonyl (C=O) groups excluding carboxylic acids is 1. The van der Waals surface area contributed by atoms with Crippen molar-refractivity contribution in [2.24, 2.45) is 11.8 Å². The minimum Gasteiger partial charge on any atom is -0.349 e. The highest BCUT2D eigenvalue weighted by Gasteiger charge is 2.28. The Hall–Kier alpha value is -2.25. The van der Waals surface area contributed by atoms with Crippen LogP contribution in [0, 0.1) is 16.6 Å². The van der Waals surface area contributed by atoms with Gasteiger partial charge in [0.25, 0.3) is 11.5 Å². The SMILES string of the molecule is C[C@H]1[C@H](C)CCC[C@@H]1NC(=O)c1ccc(Cn2c(=S)[nH]c3ccc(Br)cc3c2=O)cc1. The van der Waals surface area contributed by atoms with Crippen molar-refractivity contribution in [2.45, 2.75) is 45.7 Å². The van der Waals surface area contributed by atoms with Crippen LogP contribution in [0.2, 0.25) is 0 Å². The summed E-state index contributed by atoms with van der Waals surface area (Å²) in [4.78, 5) is 28.8. The van der Waals surface area contributed by atoms with Crippen LogP contribution in [0.3, 0.4) is 0 Å². The van der Waals surface area contributed by atoms with Crippen LogP contribution in [0.1, 0.15) is 49.0 Å². The Labute approximate surface area is 195 Å². The number of nitrogens with one attached hydrogen (secondary N) is 2. The molecule has 3 atom stereocenters. The number of benzene rings is 2. The maximum atomic E-state index is 13.0. The third-order valence-electron chi connectivity index (χ3n) is 6.52. The number of carbonyl (C=O) groups is 1. The van der Waals surface area contributed by atoms with Gasteiger partial charge in [-0.15, -0.1) is 0 Å². The topological polar surface area (TPSA) is 66.9 Å². The maximum absolute atomic E-state index is 13.0. The summed E-state index contributed by atoms with van der Waals surface area (Å²) in [5.74, 6) is 1.08. The third kappa shape index (κ3) is 4.67. The van der Waals surface area contributed by atoms with Crippen LogP contribution in [0.5, 0.6) is 0 Å². The average molecular weight is 500 g/mol. The van der Waals surface area contributed by atoms with Crippen LogP contribution in [0.25, 0.3) is 10.9 Å². The predicted molar refractivity (Wildman–Crippen MR) is 130 cm³/mol. The lowest BCUT2D eigenvalue weighted by Crippen LogP contribution is -2.43. The van der Waals surface area contributed by atoms with Crippen molar-refractivity contribution in [1.82, 2.24) is 14.9 Å². The lowest BCUT2D eigenvalue weighted by atomic mass is 9.78. The molecule has 1 aliphatic carbocycles. The smallest absolute Gasteiger partial charge is 0.262 e. The van der Waals surface area contributed by atoms with Gasteiger partial charge in [0.05, 0.1) is 17.4 Å². The molecule has 1 saturated carbocycles. The first kappa shape index (κ1) is 22.0. The van der Waals surface area contributed by atoms with Crippen molar-refractivity contribution >= 4 is 45.0 Å². The zero-order chi connectivity index (χ0) is 22.1. The van der Waals surface area contributed by atoms with E-state index < -0.39 is 0 Å². The molecule has 31 heavy (non-hydrogen) atoms. The molecule has 1 aliphatic rings. The van der Waals surface area contributed by atoms with Crippen LogP contribution in [0.4, 0.5) is 0 Å². The van der Waals surface area contributed by atoms with Crippen molar-refractivity contribution in [2.75, 3.05) is 0 Å². The van der Waals surface area contributed by atoms with E-state index in [0.29, 0.717) is 39.6 Å². The summed E-state index contributed by atoms with van der Waals surface area (Å²) in [5.41, 5.74) is 2.12. The van der Waals surface area contributed by atoms with E-state index in [1.165, 1.54) is 6.42 Å². The largest absolute Gasteiger partial charge is 0.349 e. The van der Waals surface area contributed by atoms with Gasteiger partial charge in [-0.1, -0.05) is 54.8 Å². The second-order valence-corrected chi connectivity index (χ2v) is 9.86. The van der Waals surface area contributed by atoms with E-state index in [4.69, 9.17) is 12.2 Å². The number of halogens is 1. The number of aromatic amines is 1. The quantitative estimate of drug-likeness (QED) is 0.470. The number of hydrogen-bond acceptors (Lipinski definition) is 3. The fourth-order valence-corrected chi connectivity index (χ4v) is 4.97. The monoisotopic (exact) mass is 499 g/mol. The van der Waals surface area contributed by atoms with Gasteiger partial charge in [0.2, 0.25) is 0 Å². The fraction of sp³-hybridized carbons (Fsp3) is 0.375. The molecule has 0 spiro atoms. The standard InChI is InChI=1S/C24H26BrN3O2S/c1-14-4-3-5-20(15(14)2)26-22(29)17-8-6-16(7-9-17)13-28-23(30)19-12-18(25)10-11-21(19)27-24(28)31/h6-12,14-15,20H,3-5,13H2,1-2H3,(H,26,29)(H,27,31)/t14-,15+,20+/m1/s1. The first-order valence-electron chi connectivity index (χ1n) is 10.7. The van der Waals surface area contributed by atoms with E-state index in [1.54, 1.807) is 10.6 Å². The number of aromatic nitrogens is 2. The molecule has 2 aromatic carbocycles. The van der Waals surface area contributed by atoms with Gasteiger partial charge in [-0.3, -0.25) is 14.2 Å². The maximum Gasteiger partial charge on any atom is 0.262 e. The van der Waals surface area contributed by atoms with Gasteiger partial charge in [-0.25, -0.2) is 0 Å². The highest BCUT2D eigenvalue weighted by atomic mass is 79.9. The molecular formula is C24H26BrN3O2S. The molecule has 0 unspecified atom stereocenters. The molecule has 1 fully saturated rings. The highest BCUT2D eigenvalue weighted by Crippen LogP contribution is 2.29. The highest BCUT2D eigenvalue weighted by molar-refractivity contribution is 9.10. The van der Waals surface area contributed by atoms with E-state index in [0.717, 1.165) is 22.9 Å². The Morgan fingerprint density at radius 1 is 1.19 bits per heavy atom. The van der Waals surface area contributed by atoms with Crippen molar-refractivity contribution in [3.8, 4) is 0 Å². The van der Waals surface area contributed by atoms with Gasteiger partial charge in [0.1, 0.15) is 0 Å². The first-order chi connectivity index (χ1) is 14.8. The predicted octanol–water partition coefficient (Wildman–Crippen LogP) is 5.42. The van der Waals surface area contributed by atoms with Gasteiger partial charge < -0.3 is 10.3 Å². The molecule has 4 rings (SSSR count). The molecule has 0 bridgehead atoms. The molecule has 0 radical (unpaired) electrons. The molecule has 1 amide bonds. The zero-order valence-electron chi connectivity index (χ0n) is 17.7. The number of hydrogen-bond donors (Lipinski definition) is 2. The normalized spacial score (nSPS) is 21.2. The van der Waals surface area contributed by atoms with E-state index in [2.05, 4.69) is 40.1 Å². The lowest BCUT2D eigenvalue weighted by Gasteiger charge is -2.34. The Morgan fingerprint density at radius 2 is 1.94 bits per heavy atom. The lowest BCUT2D eigenvalue weighted by molar-refractivity contribution is 0.0891. The summed E-state index contributed by atoms with van der Waals surface area (Å²) in [6, 6.07) is 13.1. The van der Waals surface area contributed by atoms with Gasteiger partial charge in [-0.2, -0.15) is 0 Å². The summed E-state index contributed by atoms with van der Waals surface area (Å²) < 4.78 is 2.76. The van der Waals surface area contributed by atoms with E-state index in [-0.39, 0.29) is 17.5 Å². The summed E-state index contributed by atoms with van der Waals surface area (Å²) in [6.45, 7) is 4.83. The average Bonchev–Trinajstić information content (AvgIpc) is 2.75. The minimum absolute atomic E-state index is 0.0393.